The van der Waals surface area contributed by atoms with E-state index in [9.17, 15) is 8.42 Å². The Morgan fingerprint density at radius 3 is 2.84 bits per heavy atom. The summed E-state index contributed by atoms with van der Waals surface area (Å²) in [6.45, 7) is 3.52. The first-order chi connectivity index (χ1) is 15.3. The minimum atomic E-state index is -3.51. The quantitative estimate of drug-likeness (QED) is 0.429. The molecule has 0 aliphatic heterocycles. The number of aliphatic hydroxyl groups is 1. The Labute approximate surface area is 192 Å². The molecule has 3 aromatic rings. The van der Waals surface area contributed by atoms with Crippen LogP contribution in [-0.4, -0.2) is 37.0 Å². The van der Waals surface area contributed by atoms with Crippen molar-refractivity contribution in [1.29, 1.82) is 0 Å². The largest absolute Gasteiger partial charge is 0.489 e. The molecule has 0 spiro atoms. The highest BCUT2D eigenvalue weighted by atomic mass is 32.2. The fraction of sp³-hybridized carbons (Fsp3) is 0.348. The molecule has 1 aliphatic carbocycles. The van der Waals surface area contributed by atoms with Gasteiger partial charge in [-0.3, -0.25) is 0 Å². The van der Waals surface area contributed by atoms with E-state index in [0.29, 0.717) is 17.9 Å². The van der Waals surface area contributed by atoms with Gasteiger partial charge in [-0.25, -0.2) is 18.1 Å². The topological polar surface area (TPSA) is 115 Å². The molecule has 4 N–H and O–H groups in total. The fourth-order valence-electron chi connectivity index (χ4n) is 3.98. The van der Waals surface area contributed by atoms with E-state index in [1.54, 1.807) is 11.3 Å². The van der Waals surface area contributed by atoms with E-state index in [1.165, 1.54) is 0 Å². The molecule has 0 amide bonds. The van der Waals surface area contributed by atoms with E-state index < -0.39 is 16.6 Å². The van der Waals surface area contributed by atoms with E-state index in [-0.39, 0.29) is 17.9 Å². The van der Waals surface area contributed by atoms with E-state index in [1.807, 2.05) is 50.4 Å². The van der Waals surface area contributed by atoms with E-state index in [4.69, 9.17) is 15.6 Å². The fourth-order valence-corrected chi connectivity index (χ4v) is 5.98. The van der Waals surface area contributed by atoms with Crippen molar-refractivity contribution in [2.24, 2.45) is 0 Å². The number of nitrogens with zero attached hydrogens (tertiary/aromatic N) is 1. The minimum absolute atomic E-state index is 0.0479. The Balaban J connectivity index is 1.60. The van der Waals surface area contributed by atoms with Crippen LogP contribution in [0.1, 0.15) is 37.4 Å². The highest BCUT2D eigenvalue weighted by molar-refractivity contribution is 7.89. The predicted octanol–water partition coefficient (Wildman–Crippen LogP) is 3.75. The minimum Gasteiger partial charge on any atom is -0.489 e. The van der Waals surface area contributed by atoms with Gasteiger partial charge in [0.2, 0.25) is 10.0 Å². The number of sulfonamides is 1. The monoisotopic (exact) mass is 473 g/mol. The van der Waals surface area contributed by atoms with Crippen molar-refractivity contribution < 1.29 is 18.3 Å². The van der Waals surface area contributed by atoms with Gasteiger partial charge in [0, 0.05) is 17.8 Å². The van der Waals surface area contributed by atoms with E-state index in [2.05, 4.69) is 15.8 Å². The summed E-state index contributed by atoms with van der Waals surface area (Å²) in [5.74, 6) is 0.372. The molecule has 2 aromatic carbocycles. The van der Waals surface area contributed by atoms with Crippen LogP contribution in [0.3, 0.4) is 0 Å². The van der Waals surface area contributed by atoms with Crippen molar-refractivity contribution >= 4 is 27.0 Å². The first kappa shape index (κ1) is 22.7. The van der Waals surface area contributed by atoms with Gasteiger partial charge >= 0.3 is 0 Å². The molecule has 0 saturated carbocycles. The highest BCUT2D eigenvalue weighted by Crippen LogP contribution is 2.41. The first-order valence-electron chi connectivity index (χ1n) is 10.5. The maximum Gasteiger partial charge on any atom is 0.214 e. The Morgan fingerprint density at radius 2 is 2.12 bits per heavy atom. The van der Waals surface area contributed by atoms with Gasteiger partial charge in [-0.2, -0.15) is 0 Å². The van der Waals surface area contributed by atoms with Gasteiger partial charge in [0.05, 0.1) is 29.0 Å². The van der Waals surface area contributed by atoms with Crippen molar-refractivity contribution in [2.45, 2.75) is 38.8 Å². The van der Waals surface area contributed by atoms with E-state index >= 15 is 0 Å². The number of rotatable bonds is 8. The zero-order valence-electron chi connectivity index (χ0n) is 18.0. The number of hydrogen-bond acceptors (Lipinski definition) is 7. The third-order valence-corrected chi connectivity index (χ3v) is 7.79. The van der Waals surface area contributed by atoms with Crippen molar-refractivity contribution in [3.63, 3.8) is 0 Å². The zero-order chi connectivity index (χ0) is 22.9. The second-order valence-electron chi connectivity index (χ2n) is 8.07. The molecule has 9 heteroatoms. The summed E-state index contributed by atoms with van der Waals surface area (Å²) >= 11 is 1.58. The van der Waals surface area contributed by atoms with Crippen LogP contribution >= 0.6 is 11.3 Å². The zero-order valence-corrected chi connectivity index (χ0v) is 19.7. The van der Waals surface area contributed by atoms with Crippen LogP contribution < -0.4 is 15.2 Å². The second kappa shape index (κ2) is 9.19. The molecule has 0 saturated heterocycles. The Hall–Kier alpha value is -2.46. The standard InChI is InChI=1S/C23H27N3O4S2/c1-14(2)30-21-9-6-15(12-19(21)24)23-25-13-22(31-23)18-5-3-4-17-16(18)7-8-20(17)26-32(28,29)11-10-27/h3-6,9,12-14,20,26-27H,7-8,10-11,24H2,1-2H3/t20-/m0/s1. The molecule has 0 fully saturated rings. The second-order valence-corrected chi connectivity index (χ2v) is 11.0. The van der Waals surface area contributed by atoms with Crippen LogP contribution in [0.25, 0.3) is 21.0 Å². The molecule has 0 radical (unpaired) electrons. The Morgan fingerprint density at radius 1 is 1.31 bits per heavy atom. The third kappa shape index (κ3) is 4.80. The van der Waals surface area contributed by atoms with Gasteiger partial charge in [-0.05, 0) is 61.6 Å². The molecular formula is C23H27N3O4S2. The van der Waals surface area contributed by atoms with Crippen molar-refractivity contribution in [2.75, 3.05) is 18.1 Å². The van der Waals surface area contributed by atoms with Crippen LogP contribution in [0.15, 0.2) is 42.6 Å². The lowest BCUT2D eigenvalue weighted by atomic mass is 10.0. The summed E-state index contributed by atoms with van der Waals surface area (Å²) < 4.78 is 32.7. The van der Waals surface area contributed by atoms with Gasteiger partial charge in [0.15, 0.2) is 0 Å². The van der Waals surface area contributed by atoms with Crippen LogP contribution in [-0.2, 0) is 16.4 Å². The Bertz CT molecular complexity index is 1220. The molecule has 7 nitrogen and oxygen atoms in total. The van der Waals surface area contributed by atoms with Gasteiger partial charge in [0.1, 0.15) is 10.8 Å². The van der Waals surface area contributed by atoms with Crippen LogP contribution in [0, 0.1) is 0 Å². The highest BCUT2D eigenvalue weighted by Gasteiger charge is 2.28. The van der Waals surface area contributed by atoms with Crippen molar-refractivity contribution in [1.82, 2.24) is 9.71 Å². The summed E-state index contributed by atoms with van der Waals surface area (Å²) in [4.78, 5) is 5.63. The molecule has 1 atom stereocenters. The maximum atomic E-state index is 12.1. The normalized spacial score (nSPS) is 15.8. The number of nitrogen functional groups attached to an aromatic ring is 1. The number of nitrogens with two attached hydrogens (primary N) is 1. The summed E-state index contributed by atoms with van der Waals surface area (Å²) in [5, 5.41) is 9.85. The Kier molecular flexibility index (Phi) is 6.52. The lowest BCUT2D eigenvalue weighted by Gasteiger charge is -2.14. The molecule has 32 heavy (non-hydrogen) atoms. The number of benzene rings is 2. The molecule has 1 aliphatic rings. The van der Waals surface area contributed by atoms with Crippen molar-refractivity contribution in [3.8, 4) is 26.8 Å². The van der Waals surface area contributed by atoms with E-state index in [0.717, 1.165) is 38.6 Å². The maximum absolute atomic E-state index is 12.1. The number of thiazole rings is 1. The van der Waals surface area contributed by atoms with Crippen LogP contribution in [0.2, 0.25) is 0 Å². The van der Waals surface area contributed by atoms with Crippen LogP contribution in [0.5, 0.6) is 5.75 Å². The first-order valence-corrected chi connectivity index (χ1v) is 13.0. The lowest BCUT2D eigenvalue weighted by molar-refractivity contribution is 0.244. The summed E-state index contributed by atoms with van der Waals surface area (Å²) in [6, 6.07) is 11.4. The molecule has 0 bridgehead atoms. The number of aromatic nitrogens is 1. The smallest absolute Gasteiger partial charge is 0.214 e. The average Bonchev–Trinajstić information content (AvgIpc) is 3.37. The van der Waals surface area contributed by atoms with Gasteiger partial charge in [0.25, 0.3) is 0 Å². The number of hydrogen-bond donors (Lipinski definition) is 3. The molecule has 170 valence electrons. The number of anilines is 1. The molecule has 0 unspecified atom stereocenters. The van der Waals surface area contributed by atoms with Gasteiger partial charge in [-0.1, -0.05) is 18.2 Å². The number of aliphatic hydroxyl groups excluding tert-OH is 1. The van der Waals surface area contributed by atoms with Crippen LogP contribution in [0.4, 0.5) is 5.69 Å². The summed E-state index contributed by atoms with van der Waals surface area (Å²) in [5.41, 5.74) is 10.9. The number of ether oxygens (including phenoxy) is 1. The SMILES string of the molecule is CC(C)Oc1ccc(-c2ncc(-c3cccc4c3CC[C@@H]4NS(=O)(=O)CCO)s2)cc1N. The summed E-state index contributed by atoms with van der Waals surface area (Å²) in [6.07, 6.45) is 3.37. The third-order valence-electron chi connectivity index (χ3n) is 5.34. The molecule has 1 heterocycles. The number of fused-ring (bicyclic) bond motifs is 1. The number of nitrogens with one attached hydrogen (secondary N) is 1. The van der Waals surface area contributed by atoms with Gasteiger partial charge in [-0.15, -0.1) is 11.3 Å². The lowest BCUT2D eigenvalue weighted by Crippen LogP contribution is -2.30. The van der Waals surface area contributed by atoms with Crippen molar-refractivity contribution in [3.05, 3.63) is 53.7 Å². The van der Waals surface area contributed by atoms with Gasteiger partial charge < -0.3 is 15.6 Å². The summed E-state index contributed by atoms with van der Waals surface area (Å²) in [7, 11) is -3.51. The molecule has 4 rings (SSSR count). The predicted molar refractivity (Wildman–Crippen MR) is 128 cm³/mol. The molecular weight excluding hydrogens is 446 g/mol. The molecule has 1 aromatic heterocycles. The average molecular weight is 474 g/mol.